The number of thioether (sulfide) groups is 1. The molecule has 0 bridgehead atoms. The van der Waals surface area contributed by atoms with E-state index in [9.17, 15) is 14.0 Å². The second-order valence-corrected chi connectivity index (χ2v) is 5.23. The highest BCUT2D eigenvalue weighted by Crippen LogP contribution is 2.34. The number of hydrogen-bond acceptors (Lipinski definition) is 3. The molecule has 0 radical (unpaired) electrons. The summed E-state index contributed by atoms with van der Waals surface area (Å²) in [6, 6.07) is 4.21. The molecule has 1 saturated heterocycles. The van der Waals surface area contributed by atoms with Gasteiger partial charge in [-0.15, -0.1) is 0 Å². The number of rotatable bonds is 2. The second-order valence-electron chi connectivity index (χ2n) is 4.08. The van der Waals surface area contributed by atoms with E-state index < -0.39 is 11.9 Å². The standard InChI is InChI=1S/C12H12FNO3S/c13-10-6-8(14-12(16)17)1-2-9(10)7-3-4-18-11(15)5-7/h1-2,6-7,14H,3-5H2,(H,16,17). The van der Waals surface area contributed by atoms with E-state index in [1.165, 1.54) is 17.8 Å². The molecule has 96 valence electrons. The van der Waals surface area contributed by atoms with Crippen molar-refractivity contribution >= 4 is 28.7 Å². The molecule has 1 fully saturated rings. The average molecular weight is 269 g/mol. The maximum Gasteiger partial charge on any atom is 0.409 e. The summed E-state index contributed by atoms with van der Waals surface area (Å²) in [5, 5.41) is 10.7. The largest absolute Gasteiger partial charge is 0.465 e. The monoisotopic (exact) mass is 269 g/mol. The van der Waals surface area contributed by atoms with Crippen molar-refractivity contribution in [2.45, 2.75) is 18.8 Å². The van der Waals surface area contributed by atoms with Gasteiger partial charge >= 0.3 is 6.09 Å². The number of halogens is 1. The normalized spacial score (nSPS) is 19.6. The molecule has 1 aliphatic rings. The smallest absolute Gasteiger partial charge is 0.409 e. The Morgan fingerprint density at radius 1 is 1.50 bits per heavy atom. The van der Waals surface area contributed by atoms with Crippen LogP contribution in [0.1, 0.15) is 24.3 Å². The fourth-order valence-corrected chi connectivity index (χ4v) is 2.95. The van der Waals surface area contributed by atoms with Crippen molar-refractivity contribution < 1.29 is 19.1 Å². The molecule has 0 spiro atoms. The molecule has 2 rings (SSSR count). The lowest BCUT2D eigenvalue weighted by atomic mass is 9.92. The summed E-state index contributed by atoms with van der Waals surface area (Å²) < 4.78 is 13.9. The molecular formula is C12H12FNO3S. The number of carbonyl (C=O) groups is 2. The minimum absolute atomic E-state index is 0.0818. The molecule has 1 aliphatic heterocycles. The molecule has 0 aromatic heterocycles. The zero-order valence-electron chi connectivity index (χ0n) is 9.48. The summed E-state index contributed by atoms with van der Waals surface area (Å²) in [7, 11) is 0. The van der Waals surface area contributed by atoms with Gasteiger partial charge in [-0.1, -0.05) is 17.8 Å². The van der Waals surface area contributed by atoms with Gasteiger partial charge in [0.15, 0.2) is 5.12 Å². The van der Waals surface area contributed by atoms with Gasteiger partial charge in [-0.3, -0.25) is 10.1 Å². The van der Waals surface area contributed by atoms with Gasteiger partial charge in [-0.25, -0.2) is 9.18 Å². The Morgan fingerprint density at radius 2 is 2.28 bits per heavy atom. The van der Waals surface area contributed by atoms with Crippen molar-refractivity contribution in [3.63, 3.8) is 0 Å². The molecule has 18 heavy (non-hydrogen) atoms. The van der Waals surface area contributed by atoms with Gasteiger partial charge < -0.3 is 5.11 Å². The van der Waals surface area contributed by atoms with E-state index in [0.717, 1.165) is 12.5 Å². The zero-order chi connectivity index (χ0) is 13.1. The SMILES string of the molecule is O=C(O)Nc1ccc(C2CCSC(=O)C2)c(F)c1. The van der Waals surface area contributed by atoms with E-state index in [4.69, 9.17) is 5.11 Å². The minimum atomic E-state index is -1.23. The zero-order valence-corrected chi connectivity index (χ0v) is 10.3. The van der Waals surface area contributed by atoms with Crippen LogP contribution in [0.4, 0.5) is 14.9 Å². The minimum Gasteiger partial charge on any atom is -0.465 e. The van der Waals surface area contributed by atoms with E-state index in [2.05, 4.69) is 5.32 Å². The highest BCUT2D eigenvalue weighted by atomic mass is 32.2. The molecule has 1 unspecified atom stereocenters. The first kappa shape index (κ1) is 12.9. The van der Waals surface area contributed by atoms with Crippen molar-refractivity contribution in [1.29, 1.82) is 0 Å². The van der Waals surface area contributed by atoms with Crippen LogP contribution in [0.25, 0.3) is 0 Å². The first-order valence-electron chi connectivity index (χ1n) is 5.51. The number of hydrogen-bond donors (Lipinski definition) is 2. The number of anilines is 1. The molecular weight excluding hydrogens is 257 g/mol. The lowest BCUT2D eigenvalue weighted by Crippen LogP contribution is -2.14. The van der Waals surface area contributed by atoms with Crippen LogP contribution in [0.2, 0.25) is 0 Å². The van der Waals surface area contributed by atoms with E-state index in [1.54, 1.807) is 6.07 Å². The Bertz CT molecular complexity index is 492. The van der Waals surface area contributed by atoms with Crippen molar-refractivity contribution in [2.75, 3.05) is 11.1 Å². The predicted molar refractivity (Wildman–Crippen MR) is 67.5 cm³/mol. The van der Waals surface area contributed by atoms with Crippen molar-refractivity contribution in [1.82, 2.24) is 0 Å². The molecule has 0 saturated carbocycles. The summed E-state index contributed by atoms with van der Waals surface area (Å²) in [5.74, 6) is 0.140. The fraction of sp³-hybridized carbons (Fsp3) is 0.333. The van der Waals surface area contributed by atoms with Crippen LogP contribution in [0, 0.1) is 5.82 Å². The Morgan fingerprint density at radius 3 is 2.89 bits per heavy atom. The molecule has 1 aromatic carbocycles. The summed E-state index contributed by atoms with van der Waals surface area (Å²) >= 11 is 1.28. The van der Waals surface area contributed by atoms with Gasteiger partial charge in [0.25, 0.3) is 0 Å². The van der Waals surface area contributed by atoms with Gasteiger partial charge in [0.2, 0.25) is 0 Å². The van der Waals surface area contributed by atoms with Gasteiger partial charge in [0, 0.05) is 17.9 Å². The van der Waals surface area contributed by atoms with Crippen molar-refractivity contribution in [2.24, 2.45) is 0 Å². The van der Waals surface area contributed by atoms with E-state index in [0.29, 0.717) is 17.7 Å². The molecule has 1 amide bonds. The third-order valence-electron chi connectivity index (χ3n) is 2.83. The molecule has 1 heterocycles. The quantitative estimate of drug-likeness (QED) is 0.866. The fourth-order valence-electron chi connectivity index (χ4n) is 2.00. The number of amides is 1. The summed E-state index contributed by atoms with van der Waals surface area (Å²) in [4.78, 5) is 21.7. The Balaban J connectivity index is 2.18. The summed E-state index contributed by atoms with van der Waals surface area (Å²) in [6.45, 7) is 0. The van der Waals surface area contributed by atoms with Crippen LogP contribution in [0.5, 0.6) is 0 Å². The number of carbonyl (C=O) groups excluding carboxylic acids is 1. The molecule has 1 aromatic rings. The highest BCUT2D eigenvalue weighted by Gasteiger charge is 2.24. The van der Waals surface area contributed by atoms with Crippen LogP contribution < -0.4 is 5.32 Å². The maximum absolute atomic E-state index is 13.9. The Hall–Kier alpha value is -1.56. The van der Waals surface area contributed by atoms with E-state index >= 15 is 0 Å². The third-order valence-corrected chi connectivity index (χ3v) is 3.76. The van der Waals surface area contributed by atoms with Gasteiger partial charge in [0.05, 0.1) is 0 Å². The van der Waals surface area contributed by atoms with Crippen LogP contribution in [0.3, 0.4) is 0 Å². The lowest BCUT2D eigenvalue weighted by molar-refractivity contribution is -0.111. The molecule has 2 N–H and O–H groups in total. The summed E-state index contributed by atoms with van der Waals surface area (Å²) in [6.07, 6.45) is -0.127. The first-order valence-corrected chi connectivity index (χ1v) is 6.50. The number of benzene rings is 1. The summed E-state index contributed by atoms with van der Waals surface area (Å²) in [5.41, 5.74) is 0.680. The topological polar surface area (TPSA) is 66.4 Å². The van der Waals surface area contributed by atoms with Crippen molar-refractivity contribution in [3.05, 3.63) is 29.6 Å². The van der Waals surface area contributed by atoms with Crippen LogP contribution >= 0.6 is 11.8 Å². The van der Waals surface area contributed by atoms with Gasteiger partial charge in [-0.05, 0) is 30.0 Å². The Labute approximate surface area is 108 Å². The molecule has 0 aliphatic carbocycles. The third kappa shape index (κ3) is 3.01. The lowest BCUT2D eigenvalue weighted by Gasteiger charge is -2.21. The molecule has 6 heteroatoms. The van der Waals surface area contributed by atoms with E-state index in [1.807, 2.05) is 0 Å². The maximum atomic E-state index is 13.9. The van der Waals surface area contributed by atoms with Crippen LogP contribution in [0.15, 0.2) is 18.2 Å². The average Bonchev–Trinajstić information content (AvgIpc) is 2.28. The molecule has 4 nitrogen and oxygen atoms in total. The van der Waals surface area contributed by atoms with Crippen molar-refractivity contribution in [3.8, 4) is 0 Å². The molecule has 1 atom stereocenters. The van der Waals surface area contributed by atoms with Crippen LogP contribution in [-0.4, -0.2) is 22.1 Å². The number of carboxylic acid groups (broad SMARTS) is 1. The number of nitrogens with one attached hydrogen (secondary N) is 1. The Kier molecular flexibility index (Phi) is 3.86. The van der Waals surface area contributed by atoms with Gasteiger partial charge in [0.1, 0.15) is 5.82 Å². The highest BCUT2D eigenvalue weighted by molar-refractivity contribution is 8.13. The first-order chi connectivity index (χ1) is 8.56. The predicted octanol–water partition coefficient (Wildman–Crippen LogP) is 3.05. The van der Waals surface area contributed by atoms with E-state index in [-0.39, 0.29) is 16.7 Å². The second kappa shape index (κ2) is 5.39. The van der Waals surface area contributed by atoms with Gasteiger partial charge in [-0.2, -0.15) is 0 Å². The van der Waals surface area contributed by atoms with Crippen LogP contribution in [-0.2, 0) is 4.79 Å².